The molecule has 0 bridgehead atoms. The number of aromatic nitrogens is 3. The maximum atomic E-state index is 12.2. The number of nitrogens with two attached hydrogens (primary N) is 1. The van der Waals surface area contributed by atoms with Crippen LogP contribution in [0.3, 0.4) is 0 Å². The molecule has 1 heterocycles. The molecule has 126 valence electrons. The third kappa shape index (κ3) is 4.30. The van der Waals surface area contributed by atoms with Gasteiger partial charge in [0.1, 0.15) is 5.82 Å². The number of amides is 1. The fourth-order valence-electron chi connectivity index (χ4n) is 2.13. The second-order valence-electron chi connectivity index (χ2n) is 5.61. The van der Waals surface area contributed by atoms with Crippen molar-refractivity contribution < 1.29 is 4.79 Å². The molecule has 2 rings (SSSR count). The number of carbonyl (C=O) groups is 1. The van der Waals surface area contributed by atoms with Gasteiger partial charge >= 0.3 is 0 Å². The summed E-state index contributed by atoms with van der Waals surface area (Å²) < 4.78 is 1.91. The van der Waals surface area contributed by atoms with Crippen LogP contribution >= 0.6 is 12.4 Å². The fraction of sp³-hybridized carbons (Fsp3) is 0.438. The van der Waals surface area contributed by atoms with Gasteiger partial charge in [-0.1, -0.05) is 32.4 Å². The summed E-state index contributed by atoms with van der Waals surface area (Å²) in [7, 11) is 1.91. The first kappa shape index (κ1) is 19.1. The van der Waals surface area contributed by atoms with Gasteiger partial charge < -0.3 is 15.6 Å². The second-order valence-corrected chi connectivity index (χ2v) is 5.61. The van der Waals surface area contributed by atoms with Crippen molar-refractivity contribution in [1.82, 2.24) is 14.8 Å². The van der Waals surface area contributed by atoms with Gasteiger partial charge in [-0.15, -0.1) is 22.6 Å². The van der Waals surface area contributed by atoms with E-state index < -0.39 is 6.04 Å². The average Bonchev–Trinajstić information content (AvgIpc) is 2.85. The zero-order valence-electron chi connectivity index (χ0n) is 13.9. The highest BCUT2D eigenvalue weighted by molar-refractivity contribution is 5.95. The van der Waals surface area contributed by atoms with Gasteiger partial charge in [-0.05, 0) is 25.0 Å². The Morgan fingerprint density at radius 3 is 2.65 bits per heavy atom. The molecule has 3 N–H and O–H groups in total. The van der Waals surface area contributed by atoms with Crippen molar-refractivity contribution in [3.63, 3.8) is 0 Å². The average molecular weight is 338 g/mol. The Morgan fingerprint density at radius 2 is 2.09 bits per heavy atom. The van der Waals surface area contributed by atoms with Crippen LogP contribution in [0, 0.1) is 12.8 Å². The lowest BCUT2D eigenvalue weighted by Crippen LogP contribution is -2.40. The zero-order chi connectivity index (χ0) is 16.3. The first-order chi connectivity index (χ1) is 10.4. The van der Waals surface area contributed by atoms with Crippen molar-refractivity contribution in [2.75, 3.05) is 5.32 Å². The van der Waals surface area contributed by atoms with Gasteiger partial charge in [-0.3, -0.25) is 4.79 Å². The van der Waals surface area contributed by atoms with Crippen LogP contribution in [0.1, 0.15) is 26.1 Å². The van der Waals surface area contributed by atoms with Crippen molar-refractivity contribution in [2.45, 2.75) is 33.2 Å². The molecule has 7 heteroatoms. The second kappa shape index (κ2) is 8.08. The van der Waals surface area contributed by atoms with E-state index >= 15 is 0 Å². The first-order valence-corrected chi connectivity index (χ1v) is 7.47. The number of carbonyl (C=O) groups excluding carboxylic acids is 1. The number of aryl methyl sites for hydroxylation is 1. The minimum Gasteiger partial charge on any atom is -0.325 e. The third-order valence-corrected chi connectivity index (χ3v) is 4.04. The monoisotopic (exact) mass is 337 g/mol. The number of rotatable bonds is 5. The topological polar surface area (TPSA) is 85.8 Å². The highest BCUT2D eigenvalue weighted by Gasteiger charge is 2.19. The van der Waals surface area contributed by atoms with Gasteiger partial charge in [0.2, 0.25) is 5.91 Å². The number of benzene rings is 1. The number of nitrogens with one attached hydrogen (secondary N) is 1. The molecule has 0 aliphatic carbocycles. The van der Waals surface area contributed by atoms with E-state index in [1.807, 2.05) is 56.7 Å². The number of hydrogen-bond acceptors (Lipinski definition) is 4. The first-order valence-electron chi connectivity index (χ1n) is 7.47. The SMILES string of the molecule is CCC(C)C(N)C(=O)Nc1cccc(-c2nnc(C)n2C)c1.Cl. The van der Waals surface area contributed by atoms with Crippen molar-refractivity contribution in [3.8, 4) is 11.4 Å². The van der Waals surface area contributed by atoms with E-state index in [2.05, 4.69) is 15.5 Å². The lowest BCUT2D eigenvalue weighted by atomic mass is 9.99. The molecular weight excluding hydrogens is 314 g/mol. The van der Waals surface area contributed by atoms with E-state index in [0.717, 1.165) is 23.6 Å². The Balaban J connectivity index is 0.00000264. The normalized spacial score (nSPS) is 13.1. The summed E-state index contributed by atoms with van der Waals surface area (Å²) in [6.07, 6.45) is 0.868. The molecular formula is C16H24ClN5O. The van der Waals surface area contributed by atoms with Crippen molar-refractivity contribution in [3.05, 3.63) is 30.1 Å². The molecule has 0 aliphatic heterocycles. The van der Waals surface area contributed by atoms with Gasteiger partial charge in [0, 0.05) is 18.3 Å². The molecule has 6 nitrogen and oxygen atoms in total. The number of nitrogens with zero attached hydrogens (tertiary/aromatic N) is 3. The molecule has 1 aromatic carbocycles. The van der Waals surface area contributed by atoms with Gasteiger partial charge in [-0.25, -0.2) is 0 Å². The molecule has 2 atom stereocenters. The highest BCUT2D eigenvalue weighted by Crippen LogP contribution is 2.21. The van der Waals surface area contributed by atoms with E-state index in [1.165, 1.54) is 0 Å². The van der Waals surface area contributed by atoms with E-state index in [1.54, 1.807) is 0 Å². The standard InChI is InChI=1S/C16H23N5O.ClH/c1-5-10(2)14(17)16(22)18-13-8-6-7-12(9-13)15-20-19-11(3)21(15)4;/h6-10,14H,5,17H2,1-4H3,(H,18,22);1H. The minimum absolute atomic E-state index is 0. The summed E-state index contributed by atoms with van der Waals surface area (Å²) in [6, 6.07) is 7.03. The Bertz CT molecular complexity index is 670. The van der Waals surface area contributed by atoms with E-state index in [4.69, 9.17) is 5.73 Å². The lowest BCUT2D eigenvalue weighted by Gasteiger charge is -2.18. The highest BCUT2D eigenvalue weighted by atomic mass is 35.5. The third-order valence-electron chi connectivity index (χ3n) is 4.04. The van der Waals surface area contributed by atoms with Crippen LogP contribution in [-0.4, -0.2) is 26.7 Å². The van der Waals surface area contributed by atoms with E-state index in [0.29, 0.717) is 5.69 Å². The Hall–Kier alpha value is -1.92. The molecule has 2 aromatic rings. The van der Waals surface area contributed by atoms with Gasteiger partial charge in [-0.2, -0.15) is 0 Å². The summed E-state index contributed by atoms with van der Waals surface area (Å²) in [6.45, 7) is 5.89. The van der Waals surface area contributed by atoms with Crippen LogP contribution in [-0.2, 0) is 11.8 Å². The summed E-state index contributed by atoms with van der Waals surface area (Å²) in [5, 5.41) is 11.1. The van der Waals surface area contributed by atoms with Crippen LogP contribution in [0.2, 0.25) is 0 Å². The summed E-state index contributed by atoms with van der Waals surface area (Å²) in [5.74, 6) is 1.58. The van der Waals surface area contributed by atoms with Crippen LogP contribution in [0.15, 0.2) is 24.3 Å². The van der Waals surface area contributed by atoms with Gasteiger partial charge in [0.25, 0.3) is 0 Å². The molecule has 0 saturated heterocycles. The van der Waals surface area contributed by atoms with E-state index in [-0.39, 0.29) is 24.2 Å². The molecule has 0 spiro atoms. The summed E-state index contributed by atoms with van der Waals surface area (Å²) in [5.41, 5.74) is 7.57. The van der Waals surface area contributed by atoms with Gasteiger partial charge in [0.05, 0.1) is 6.04 Å². The van der Waals surface area contributed by atoms with Crippen LogP contribution < -0.4 is 11.1 Å². The predicted molar refractivity (Wildman–Crippen MR) is 94.5 cm³/mol. The maximum Gasteiger partial charge on any atom is 0.241 e. The fourth-order valence-corrected chi connectivity index (χ4v) is 2.13. The molecule has 1 amide bonds. The largest absolute Gasteiger partial charge is 0.325 e. The molecule has 0 saturated carbocycles. The Kier molecular flexibility index (Phi) is 6.72. The summed E-state index contributed by atoms with van der Waals surface area (Å²) >= 11 is 0. The zero-order valence-corrected chi connectivity index (χ0v) is 14.7. The predicted octanol–water partition coefficient (Wildman–Crippen LogP) is 2.52. The molecule has 0 aliphatic rings. The molecule has 0 fully saturated rings. The Morgan fingerprint density at radius 1 is 1.39 bits per heavy atom. The van der Waals surface area contributed by atoms with Crippen LogP contribution in [0.4, 0.5) is 5.69 Å². The number of halogens is 1. The molecule has 1 aromatic heterocycles. The Labute approximate surface area is 142 Å². The number of hydrogen-bond donors (Lipinski definition) is 2. The van der Waals surface area contributed by atoms with Crippen molar-refractivity contribution in [1.29, 1.82) is 0 Å². The molecule has 2 unspecified atom stereocenters. The smallest absolute Gasteiger partial charge is 0.241 e. The minimum atomic E-state index is -0.509. The summed E-state index contributed by atoms with van der Waals surface area (Å²) in [4.78, 5) is 12.2. The quantitative estimate of drug-likeness (QED) is 0.877. The van der Waals surface area contributed by atoms with Crippen LogP contribution in [0.5, 0.6) is 0 Å². The number of anilines is 1. The van der Waals surface area contributed by atoms with Crippen LogP contribution in [0.25, 0.3) is 11.4 Å². The van der Waals surface area contributed by atoms with E-state index in [9.17, 15) is 4.79 Å². The van der Waals surface area contributed by atoms with Gasteiger partial charge in [0.15, 0.2) is 5.82 Å². The lowest BCUT2D eigenvalue weighted by molar-refractivity contribution is -0.118. The maximum absolute atomic E-state index is 12.2. The van der Waals surface area contributed by atoms with Crippen molar-refractivity contribution in [2.24, 2.45) is 18.7 Å². The molecule has 0 radical (unpaired) electrons. The van der Waals surface area contributed by atoms with Crippen molar-refractivity contribution >= 4 is 24.0 Å². The molecule has 23 heavy (non-hydrogen) atoms.